The van der Waals surface area contributed by atoms with Crippen LogP contribution in [0.1, 0.15) is 0 Å². The van der Waals surface area contributed by atoms with Gasteiger partial charge in [-0.15, -0.1) is 0 Å². The van der Waals surface area contributed by atoms with Crippen LogP contribution in [0.4, 0.5) is 0 Å². The van der Waals surface area contributed by atoms with Gasteiger partial charge in [-0.05, 0) is 0 Å². The van der Waals surface area contributed by atoms with E-state index < -0.39 is 4.33 Å². The van der Waals surface area contributed by atoms with Crippen molar-refractivity contribution in [1.82, 2.24) is 9.97 Å². The lowest BCUT2D eigenvalue weighted by atomic mass is 11.0. The molecule has 0 aliphatic heterocycles. The van der Waals surface area contributed by atoms with Crippen LogP contribution in [0.5, 0.6) is 0 Å². The molecule has 9 heavy (non-hydrogen) atoms. The van der Waals surface area contributed by atoms with Crippen molar-refractivity contribution < 1.29 is 4.33 Å². The first kappa shape index (κ1) is 6.09. The van der Waals surface area contributed by atoms with Crippen LogP contribution in [0.3, 0.4) is 0 Å². The normalized spacial score (nSPS) is 9.33. The molecule has 6 heteroatoms. The Labute approximate surface area is 54.8 Å². The quantitative estimate of drug-likeness (QED) is 0.377. The predicted molar refractivity (Wildman–Crippen MR) is 31.4 cm³/mol. The average Bonchev–Trinajstić information content (AvgIpc) is 2.15. The molecular formula is C3H3N3O2S. The number of H-pyrrole nitrogens is 1. The molecule has 48 valence electrons. The Morgan fingerprint density at radius 2 is 2.67 bits per heavy atom. The largest absolute Gasteiger partial charge is 0.334 e. The highest BCUT2D eigenvalue weighted by Gasteiger charge is 2.05. The van der Waals surface area contributed by atoms with E-state index in [9.17, 15) is 10.1 Å². The maximum Gasteiger partial charge on any atom is 0.304 e. The number of aromatic amines is 1. The van der Waals surface area contributed by atoms with E-state index in [2.05, 4.69) is 9.97 Å². The minimum absolute atomic E-state index is 0.306. The molecule has 5 nitrogen and oxygen atoms in total. The Morgan fingerprint density at radius 3 is 3.11 bits per heavy atom. The number of nitro groups is 1. The van der Waals surface area contributed by atoms with Gasteiger partial charge in [0.05, 0.1) is 0 Å². The molecule has 0 aromatic carbocycles. The molecule has 1 rings (SSSR count). The molecular weight excluding hydrogens is 142 g/mol. The van der Waals surface area contributed by atoms with Crippen molar-refractivity contribution in [2.45, 2.75) is 5.16 Å². The van der Waals surface area contributed by atoms with E-state index in [4.69, 9.17) is 0 Å². The van der Waals surface area contributed by atoms with E-state index in [-0.39, 0.29) is 0 Å². The number of nitrogens with one attached hydrogen (secondary N) is 1. The Bertz CT molecular complexity index is 197. The molecule has 1 aromatic heterocycles. The second-order valence-corrected chi connectivity index (χ2v) is 2.08. The van der Waals surface area contributed by atoms with Crippen molar-refractivity contribution in [3.8, 4) is 0 Å². The van der Waals surface area contributed by atoms with Crippen molar-refractivity contribution >= 4 is 11.9 Å². The van der Waals surface area contributed by atoms with Crippen LogP contribution >= 0.6 is 11.9 Å². The van der Waals surface area contributed by atoms with Gasteiger partial charge in [-0.25, -0.2) is 4.98 Å². The summed E-state index contributed by atoms with van der Waals surface area (Å²) in [6.07, 6.45) is 3.00. The molecule has 0 radical (unpaired) electrons. The molecule has 0 saturated carbocycles. The van der Waals surface area contributed by atoms with Crippen LogP contribution in [0.2, 0.25) is 0 Å². The van der Waals surface area contributed by atoms with Crippen LogP contribution in [0.15, 0.2) is 17.6 Å². The number of imidazole rings is 1. The maximum atomic E-state index is 9.78. The van der Waals surface area contributed by atoms with Crippen molar-refractivity contribution in [3.05, 3.63) is 22.5 Å². The summed E-state index contributed by atoms with van der Waals surface area (Å²) in [5, 5.41) is 10.1. The summed E-state index contributed by atoms with van der Waals surface area (Å²) < 4.78 is -0.515. The molecule has 0 spiro atoms. The number of hydrogen-bond acceptors (Lipinski definition) is 4. The highest BCUT2D eigenvalue weighted by molar-refractivity contribution is 7.93. The van der Waals surface area contributed by atoms with Gasteiger partial charge < -0.3 is 4.98 Å². The second kappa shape index (κ2) is 2.49. The fraction of sp³-hybridized carbons (Fsp3) is 0. The predicted octanol–water partition coefficient (Wildman–Crippen LogP) is 0.693. The SMILES string of the molecule is O=[N+]([O-])Sc1ncc[nH]1. The third-order valence-electron chi connectivity index (χ3n) is 0.634. The molecule has 0 unspecified atom stereocenters. The Hall–Kier alpha value is -1.04. The van der Waals surface area contributed by atoms with E-state index in [0.717, 1.165) is 0 Å². The van der Waals surface area contributed by atoms with Crippen LogP contribution in [0, 0.1) is 10.1 Å². The molecule has 1 heterocycles. The van der Waals surface area contributed by atoms with Gasteiger partial charge in [0, 0.05) is 12.4 Å². The number of nitrogens with zero attached hydrogens (tertiary/aromatic N) is 2. The molecule has 0 bridgehead atoms. The first-order valence-corrected chi connectivity index (χ1v) is 2.88. The molecule has 0 fully saturated rings. The third kappa shape index (κ3) is 1.73. The van der Waals surface area contributed by atoms with Gasteiger partial charge >= 0.3 is 11.9 Å². The topological polar surface area (TPSA) is 71.8 Å². The first-order valence-electron chi connectivity index (χ1n) is 2.11. The minimum atomic E-state index is -0.515. The molecule has 0 atom stereocenters. The molecule has 1 aromatic rings. The monoisotopic (exact) mass is 145 g/mol. The molecule has 0 aliphatic rings. The van der Waals surface area contributed by atoms with E-state index in [1.807, 2.05) is 0 Å². The smallest absolute Gasteiger partial charge is 0.304 e. The van der Waals surface area contributed by atoms with Gasteiger partial charge in [0.25, 0.3) is 0 Å². The lowest BCUT2D eigenvalue weighted by Gasteiger charge is -1.79. The summed E-state index contributed by atoms with van der Waals surface area (Å²) in [5.74, 6) is 0. The number of rotatable bonds is 2. The highest BCUT2D eigenvalue weighted by atomic mass is 32.2. The fourth-order valence-electron chi connectivity index (χ4n) is 0.371. The molecule has 1 N–H and O–H groups in total. The Balaban J connectivity index is 2.58. The molecule has 0 aliphatic carbocycles. The van der Waals surface area contributed by atoms with Crippen LogP contribution in [0.25, 0.3) is 0 Å². The van der Waals surface area contributed by atoms with Crippen LogP contribution in [-0.4, -0.2) is 14.3 Å². The van der Waals surface area contributed by atoms with Crippen molar-refractivity contribution in [3.63, 3.8) is 0 Å². The summed E-state index contributed by atoms with van der Waals surface area (Å²) in [7, 11) is 0. The van der Waals surface area contributed by atoms with Crippen LogP contribution in [-0.2, 0) is 0 Å². The summed E-state index contributed by atoms with van der Waals surface area (Å²) >= 11 is 0.461. The lowest BCUT2D eigenvalue weighted by molar-refractivity contribution is -0.284. The van der Waals surface area contributed by atoms with E-state index in [1.54, 1.807) is 0 Å². The zero-order valence-electron chi connectivity index (χ0n) is 4.27. The van der Waals surface area contributed by atoms with Gasteiger partial charge in [-0.3, -0.25) is 10.1 Å². The summed E-state index contributed by atoms with van der Waals surface area (Å²) in [6, 6.07) is 0. The maximum absolute atomic E-state index is 9.78. The summed E-state index contributed by atoms with van der Waals surface area (Å²) in [6.45, 7) is 0. The van der Waals surface area contributed by atoms with E-state index in [1.165, 1.54) is 12.4 Å². The van der Waals surface area contributed by atoms with Crippen LogP contribution < -0.4 is 0 Å². The Kier molecular flexibility index (Phi) is 1.69. The molecule has 0 amide bonds. The molecule has 0 saturated heterocycles. The van der Waals surface area contributed by atoms with E-state index >= 15 is 0 Å². The minimum Gasteiger partial charge on any atom is -0.334 e. The second-order valence-electron chi connectivity index (χ2n) is 1.21. The average molecular weight is 145 g/mol. The lowest BCUT2D eigenvalue weighted by Crippen LogP contribution is -1.83. The number of aromatic nitrogens is 2. The van der Waals surface area contributed by atoms with Crippen molar-refractivity contribution in [2.24, 2.45) is 0 Å². The van der Waals surface area contributed by atoms with Gasteiger partial charge in [-0.1, -0.05) is 0 Å². The van der Waals surface area contributed by atoms with E-state index in [0.29, 0.717) is 17.1 Å². The zero-order chi connectivity index (χ0) is 6.69. The van der Waals surface area contributed by atoms with Gasteiger partial charge in [0.1, 0.15) is 4.33 Å². The number of hydrogen-bond donors (Lipinski definition) is 1. The van der Waals surface area contributed by atoms with Gasteiger partial charge in [0.15, 0.2) is 0 Å². The standard InChI is InChI=1S/C3H3N3O2S/c7-6(8)9-3-4-1-2-5-3/h1-2H,(H,4,5). The highest BCUT2D eigenvalue weighted by Crippen LogP contribution is 2.10. The van der Waals surface area contributed by atoms with Crippen molar-refractivity contribution in [2.75, 3.05) is 0 Å². The van der Waals surface area contributed by atoms with Gasteiger partial charge in [0.2, 0.25) is 5.16 Å². The van der Waals surface area contributed by atoms with Crippen molar-refractivity contribution in [1.29, 1.82) is 0 Å². The summed E-state index contributed by atoms with van der Waals surface area (Å²) in [5.41, 5.74) is 0. The fourth-order valence-corrected chi connectivity index (χ4v) is 0.741. The van der Waals surface area contributed by atoms with Gasteiger partial charge in [-0.2, -0.15) is 0 Å². The third-order valence-corrected chi connectivity index (χ3v) is 1.18. The summed E-state index contributed by atoms with van der Waals surface area (Å²) in [4.78, 5) is 16.0. The first-order chi connectivity index (χ1) is 4.29. The zero-order valence-corrected chi connectivity index (χ0v) is 5.09. The Morgan fingerprint density at radius 1 is 1.89 bits per heavy atom.